The van der Waals surface area contributed by atoms with Crippen LogP contribution in [0, 0.1) is 6.92 Å². The maximum atomic E-state index is 11.8. The molecule has 2 rings (SSSR count). The Morgan fingerprint density at radius 2 is 1.82 bits per heavy atom. The van der Waals surface area contributed by atoms with E-state index in [1.165, 1.54) is 24.8 Å². The summed E-state index contributed by atoms with van der Waals surface area (Å²) in [6.45, 7) is 6.96. The molecule has 0 aliphatic carbocycles. The van der Waals surface area contributed by atoms with Gasteiger partial charge in [0.15, 0.2) is 6.61 Å². The molecule has 5 heteroatoms. The zero-order valence-corrected chi connectivity index (χ0v) is 14.2. The second-order valence-electron chi connectivity index (χ2n) is 5.76. The monoisotopic (exact) mass is 327 g/mol. The van der Waals surface area contributed by atoms with Gasteiger partial charge in [-0.05, 0) is 51.9 Å². The number of likely N-dealkylation sites (tertiary alicyclic amines) is 1. The van der Waals surface area contributed by atoms with Crippen molar-refractivity contribution in [2.24, 2.45) is 0 Å². The van der Waals surface area contributed by atoms with Crippen molar-refractivity contribution >= 4 is 18.4 Å². The van der Waals surface area contributed by atoms with E-state index in [-0.39, 0.29) is 31.1 Å². The molecule has 0 radical (unpaired) electrons. The van der Waals surface area contributed by atoms with Crippen LogP contribution >= 0.6 is 12.4 Å². The van der Waals surface area contributed by atoms with E-state index < -0.39 is 0 Å². The molecule has 22 heavy (non-hydrogen) atoms. The third-order valence-corrected chi connectivity index (χ3v) is 3.67. The fourth-order valence-corrected chi connectivity index (χ4v) is 2.58. The Bertz CT molecular complexity index is 444. The number of benzene rings is 1. The maximum absolute atomic E-state index is 11.8. The number of carbonyl (C=O) groups excluding carboxylic acids is 1. The van der Waals surface area contributed by atoms with Crippen molar-refractivity contribution in [1.29, 1.82) is 0 Å². The molecule has 1 aliphatic rings. The number of hydrogen-bond acceptors (Lipinski definition) is 4. The third-order valence-electron chi connectivity index (χ3n) is 3.67. The van der Waals surface area contributed by atoms with Gasteiger partial charge < -0.3 is 9.47 Å². The van der Waals surface area contributed by atoms with Crippen molar-refractivity contribution in [3.8, 4) is 5.75 Å². The molecule has 1 aromatic rings. The number of nitrogens with zero attached hydrogens (tertiary/aromatic N) is 1. The summed E-state index contributed by atoms with van der Waals surface area (Å²) in [6.07, 6.45) is 3.72. The van der Waals surface area contributed by atoms with E-state index >= 15 is 0 Å². The van der Waals surface area contributed by atoms with E-state index in [2.05, 4.69) is 4.90 Å². The first-order valence-corrected chi connectivity index (χ1v) is 7.75. The van der Waals surface area contributed by atoms with Gasteiger partial charge in [-0.15, -0.1) is 12.4 Å². The van der Waals surface area contributed by atoms with Gasteiger partial charge in [-0.2, -0.15) is 0 Å². The molecule has 1 saturated heterocycles. The highest BCUT2D eigenvalue weighted by atomic mass is 35.5. The molecule has 0 N–H and O–H groups in total. The largest absolute Gasteiger partial charge is 0.482 e. The molecule has 1 unspecified atom stereocenters. The van der Waals surface area contributed by atoms with Crippen LogP contribution in [-0.2, 0) is 9.53 Å². The Morgan fingerprint density at radius 1 is 1.18 bits per heavy atom. The normalized spacial score (nSPS) is 16.5. The Labute approximate surface area is 139 Å². The summed E-state index contributed by atoms with van der Waals surface area (Å²) in [4.78, 5) is 14.1. The molecule has 0 aromatic heterocycles. The minimum absolute atomic E-state index is 0. The Morgan fingerprint density at radius 3 is 2.45 bits per heavy atom. The molecule has 4 nitrogen and oxygen atoms in total. The zero-order valence-electron chi connectivity index (χ0n) is 13.4. The molecule has 0 amide bonds. The van der Waals surface area contributed by atoms with Crippen LogP contribution in [0.25, 0.3) is 0 Å². The molecule has 1 atom stereocenters. The Balaban J connectivity index is 0.00000242. The van der Waals surface area contributed by atoms with E-state index in [1.807, 2.05) is 38.1 Å². The molecule has 1 fully saturated rings. The predicted molar refractivity (Wildman–Crippen MR) is 89.8 cm³/mol. The fraction of sp³-hybridized carbons (Fsp3) is 0.588. The molecule has 0 saturated carbocycles. The lowest BCUT2D eigenvalue weighted by Gasteiger charge is -2.28. The lowest BCUT2D eigenvalue weighted by molar-refractivity contribution is -0.151. The van der Waals surface area contributed by atoms with E-state index in [4.69, 9.17) is 9.47 Å². The Hall–Kier alpha value is -1.26. The summed E-state index contributed by atoms with van der Waals surface area (Å²) in [5, 5.41) is 0. The lowest BCUT2D eigenvalue weighted by atomic mass is 10.1. The second kappa shape index (κ2) is 9.70. The van der Waals surface area contributed by atoms with Crippen LogP contribution in [0.15, 0.2) is 24.3 Å². The predicted octanol–water partition coefficient (Wildman–Crippen LogP) is 3.21. The van der Waals surface area contributed by atoms with Gasteiger partial charge in [0.05, 0.1) is 0 Å². The molecule has 124 valence electrons. The van der Waals surface area contributed by atoms with Crippen LogP contribution in [0.1, 0.15) is 31.7 Å². The summed E-state index contributed by atoms with van der Waals surface area (Å²) < 4.78 is 10.8. The van der Waals surface area contributed by atoms with Crippen LogP contribution < -0.4 is 4.74 Å². The van der Waals surface area contributed by atoms with Gasteiger partial charge in [0.2, 0.25) is 0 Å². The van der Waals surface area contributed by atoms with Gasteiger partial charge in [-0.25, -0.2) is 4.79 Å². The van der Waals surface area contributed by atoms with Gasteiger partial charge >= 0.3 is 5.97 Å². The van der Waals surface area contributed by atoms with E-state index in [9.17, 15) is 4.79 Å². The van der Waals surface area contributed by atoms with Gasteiger partial charge in [0.25, 0.3) is 0 Å². The van der Waals surface area contributed by atoms with Gasteiger partial charge in [0, 0.05) is 6.54 Å². The van der Waals surface area contributed by atoms with Crippen molar-refractivity contribution < 1.29 is 14.3 Å². The van der Waals surface area contributed by atoms with Crippen molar-refractivity contribution in [3.63, 3.8) is 0 Å². The first-order valence-electron chi connectivity index (χ1n) is 7.75. The summed E-state index contributed by atoms with van der Waals surface area (Å²) in [7, 11) is 0. The van der Waals surface area contributed by atoms with Gasteiger partial charge in [0.1, 0.15) is 11.9 Å². The lowest BCUT2D eigenvalue weighted by Crippen LogP contribution is -2.37. The number of carbonyl (C=O) groups is 1. The molecule has 1 heterocycles. The number of aryl methyl sites for hydroxylation is 1. The zero-order chi connectivity index (χ0) is 15.1. The van der Waals surface area contributed by atoms with Crippen molar-refractivity contribution in [1.82, 2.24) is 4.90 Å². The number of esters is 1. The standard InChI is InChI=1S/C17H25NO3.ClH/c1-14-6-8-16(9-7-14)20-13-17(19)21-15(2)12-18-10-4-3-5-11-18;/h6-9,15H,3-5,10-13H2,1-2H3;1H. The van der Waals surface area contributed by atoms with Crippen molar-refractivity contribution in [3.05, 3.63) is 29.8 Å². The first kappa shape index (κ1) is 18.8. The van der Waals surface area contributed by atoms with E-state index in [0.717, 1.165) is 19.6 Å². The minimum Gasteiger partial charge on any atom is -0.482 e. The summed E-state index contributed by atoms with van der Waals surface area (Å²) in [6, 6.07) is 7.64. The Kier molecular flexibility index (Phi) is 8.28. The van der Waals surface area contributed by atoms with E-state index in [1.54, 1.807) is 0 Å². The minimum atomic E-state index is -0.305. The fourth-order valence-electron chi connectivity index (χ4n) is 2.58. The van der Waals surface area contributed by atoms with Crippen LogP contribution in [0.5, 0.6) is 5.75 Å². The molecule has 1 aliphatic heterocycles. The molecule has 1 aromatic carbocycles. The first-order chi connectivity index (χ1) is 10.1. The third kappa shape index (κ3) is 6.67. The number of hydrogen-bond donors (Lipinski definition) is 0. The highest BCUT2D eigenvalue weighted by Gasteiger charge is 2.16. The summed E-state index contributed by atoms with van der Waals surface area (Å²) in [5.74, 6) is 0.390. The summed E-state index contributed by atoms with van der Waals surface area (Å²) in [5.41, 5.74) is 1.17. The van der Waals surface area contributed by atoms with Gasteiger partial charge in [-0.3, -0.25) is 4.90 Å². The van der Waals surface area contributed by atoms with E-state index in [0.29, 0.717) is 5.75 Å². The molecule has 0 bridgehead atoms. The van der Waals surface area contributed by atoms with Crippen LogP contribution in [0.4, 0.5) is 0 Å². The number of halogens is 1. The second-order valence-corrected chi connectivity index (χ2v) is 5.76. The number of rotatable bonds is 6. The van der Waals surface area contributed by atoms with Crippen molar-refractivity contribution in [2.75, 3.05) is 26.2 Å². The maximum Gasteiger partial charge on any atom is 0.344 e. The van der Waals surface area contributed by atoms with Crippen molar-refractivity contribution in [2.45, 2.75) is 39.2 Å². The number of piperidine rings is 1. The van der Waals surface area contributed by atoms with Crippen LogP contribution in [0.3, 0.4) is 0 Å². The smallest absolute Gasteiger partial charge is 0.344 e. The SMILES string of the molecule is Cc1ccc(OCC(=O)OC(C)CN2CCCCC2)cc1.Cl. The number of ether oxygens (including phenoxy) is 2. The highest BCUT2D eigenvalue weighted by molar-refractivity contribution is 5.85. The molecular weight excluding hydrogens is 302 g/mol. The average Bonchev–Trinajstić information content (AvgIpc) is 2.47. The topological polar surface area (TPSA) is 38.8 Å². The molecule has 0 spiro atoms. The summed E-state index contributed by atoms with van der Waals surface area (Å²) >= 11 is 0. The quantitative estimate of drug-likeness (QED) is 0.752. The van der Waals surface area contributed by atoms with Crippen LogP contribution in [0.2, 0.25) is 0 Å². The highest BCUT2D eigenvalue weighted by Crippen LogP contribution is 2.12. The molecular formula is C17H26ClNO3. The van der Waals surface area contributed by atoms with Gasteiger partial charge in [-0.1, -0.05) is 24.1 Å². The van der Waals surface area contributed by atoms with Crippen LogP contribution in [-0.4, -0.2) is 43.2 Å². The average molecular weight is 328 g/mol.